The number of fused-ring (bicyclic) bond motifs is 1. The molecule has 0 saturated carbocycles. The van der Waals surface area contributed by atoms with Gasteiger partial charge in [-0.1, -0.05) is 0 Å². The van der Waals surface area contributed by atoms with Crippen LogP contribution in [0.2, 0.25) is 0 Å². The Kier molecular flexibility index (Phi) is 2.46. The van der Waals surface area contributed by atoms with Crippen LogP contribution < -0.4 is 11.4 Å². The molecule has 0 spiro atoms. The maximum absolute atomic E-state index is 9.04. The minimum absolute atomic E-state index is 0.0399. The molecule has 4 N–H and O–H groups in total. The fraction of sp³-hybridized carbons (Fsp3) is 0.556. The van der Waals surface area contributed by atoms with E-state index in [0.717, 1.165) is 18.5 Å². The Morgan fingerprint density at radius 3 is 3.24 bits per heavy atom. The Labute approximate surface area is 98.0 Å². The second kappa shape index (κ2) is 3.99. The minimum Gasteiger partial charge on any atom is -0.394 e. The second-order valence-corrected chi connectivity index (χ2v) is 4.06. The zero-order chi connectivity index (χ0) is 11.8. The van der Waals surface area contributed by atoms with Gasteiger partial charge in [-0.2, -0.15) is 0 Å². The first-order valence-corrected chi connectivity index (χ1v) is 5.46. The number of aliphatic imine (C=N–C) groups is 1. The zero-order valence-electron chi connectivity index (χ0n) is 9.15. The summed E-state index contributed by atoms with van der Waals surface area (Å²) in [7, 11) is 0. The quantitative estimate of drug-likeness (QED) is 0.516. The Bertz CT molecular complexity index is 406. The Morgan fingerprint density at radius 1 is 1.59 bits per heavy atom. The molecule has 0 aromatic rings. The predicted octanol–water partition coefficient (Wildman–Crippen LogP) is -1.32. The smallest absolute Gasteiger partial charge is 0.197 e. The lowest BCUT2D eigenvalue weighted by Crippen LogP contribution is -2.44. The summed E-state index contributed by atoms with van der Waals surface area (Å²) in [6, 6.07) is 0. The average molecular weight is 238 g/mol. The summed E-state index contributed by atoms with van der Waals surface area (Å²) in [6.45, 7) is 0.0399. The van der Waals surface area contributed by atoms with Crippen LogP contribution in [0, 0.1) is 0 Å². The van der Waals surface area contributed by atoms with E-state index in [9.17, 15) is 0 Å². The van der Waals surface area contributed by atoms with Gasteiger partial charge < -0.3 is 9.84 Å². The molecule has 17 heavy (non-hydrogen) atoms. The fourth-order valence-corrected chi connectivity index (χ4v) is 2.09. The molecule has 2 atom stereocenters. The van der Waals surface area contributed by atoms with Crippen LogP contribution in [0.4, 0.5) is 0 Å². The third-order valence-corrected chi connectivity index (χ3v) is 2.96. The van der Waals surface area contributed by atoms with Crippen LogP contribution in [0.5, 0.6) is 0 Å². The topological polar surface area (TPSA) is 98.7 Å². The molecule has 0 bridgehead atoms. The van der Waals surface area contributed by atoms with E-state index >= 15 is 0 Å². The molecule has 8 heteroatoms. The van der Waals surface area contributed by atoms with Crippen molar-refractivity contribution in [3.05, 3.63) is 11.9 Å². The molecule has 0 unspecified atom stereocenters. The molecule has 1 fully saturated rings. The van der Waals surface area contributed by atoms with Crippen LogP contribution in [0.25, 0.3) is 0 Å². The third-order valence-electron chi connectivity index (χ3n) is 2.96. The lowest BCUT2D eigenvalue weighted by molar-refractivity contribution is -0.0672. The maximum atomic E-state index is 9.04. The molecule has 3 aliphatic rings. The van der Waals surface area contributed by atoms with E-state index in [4.69, 9.17) is 15.7 Å². The van der Waals surface area contributed by atoms with Gasteiger partial charge in [0.05, 0.1) is 18.9 Å². The SMILES string of the molecule is NN1C=NC=C2C1=NNN2[C@@H]1CC[C@@H](CO)O1. The van der Waals surface area contributed by atoms with E-state index < -0.39 is 0 Å². The summed E-state index contributed by atoms with van der Waals surface area (Å²) in [5.41, 5.74) is 3.64. The normalized spacial score (nSPS) is 31.2. The third kappa shape index (κ3) is 1.66. The van der Waals surface area contributed by atoms with E-state index in [2.05, 4.69) is 15.6 Å². The van der Waals surface area contributed by atoms with Crippen molar-refractivity contribution in [1.29, 1.82) is 0 Å². The molecule has 0 radical (unpaired) electrons. The summed E-state index contributed by atoms with van der Waals surface area (Å²) in [4.78, 5) is 4.01. The molecule has 0 aromatic heterocycles. The lowest BCUT2D eigenvalue weighted by atomic mass is 10.2. The van der Waals surface area contributed by atoms with Gasteiger partial charge in [0.15, 0.2) is 12.1 Å². The molecule has 0 aromatic carbocycles. The number of hydrogen-bond acceptors (Lipinski definition) is 8. The number of ether oxygens (including phenoxy) is 1. The highest BCUT2D eigenvalue weighted by Crippen LogP contribution is 2.27. The van der Waals surface area contributed by atoms with Gasteiger partial charge >= 0.3 is 0 Å². The molecule has 0 amide bonds. The van der Waals surface area contributed by atoms with Crippen LogP contribution >= 0.6 is 0 Å². The summed E-state index contributed by atoms with van der Waals surface area (Å²) in [6.07, 6.45) is 4.57. The number of hydrazone groups is 1. The second-order valence-electron chi connectivity index (χ2n) is 4.06. The zero-order valence-corrected chi connectivity index (χ0v) is 9.15. The molecular weight excluding hydrogens is 224 g/mol. The predicted molar refractivity (Wildman–Crippen MR) is 60.0 cm³/mol. The van der Waals surface area contributed by atoms with Gasteiger partial charge in [0.2, 0.25) is 0 Å². The van der Waals surface area contributed by atoms with Gasteiger partial charge in [0.1, 0.15) is 12.0 Å². The van der Waals surface area contributed by atoms with Gasteiger partial charge in [0, 0.05) is 0 Å². The number of rotatable bonds is 2. The molecule has 3 rings (SSSR count). The standard InChI is InChI=1S/C9H14N6O2/c10-14-5-11-3-7-9(14)12-13-15(7)8-2-1-6(4-16)17-8/h3,5-6,8,13,16H,1-2,4,10H2/t6-,8-/m0/s1. The lowest BCUT2D eigenvalue weighted by Gasteiger charge is -2.27. The first-order valence-electron chi connectivity index (χ1n) is 5.46. The minimum atomic E-state index is -0.152. The van der Waals surface area contributed by atoms with Crippen molar-refractivity contribution in [2.24, 2.45) is 15.9 Å². The van der Waals surface area contributed by atoms with Crippen LogP contribution in [-0.2, 0) is 4.74 Å². The number of hydrogen-bond donors (Lipinski definition) is 3. The van der Waals surface area contributed by atoms with Crippen LogP contribution in [-0.4, -0.2) is 46.2 Å². The van der Waals surface area contributed by atoms with Crippen molar-refractivity contribution in [1.82, 2.24) is 15.6 Å². The highest BCUT2D eigenvalue weighted by molar-refractivity contribution is 6.05. The molecule has 3 aliphatic heterocycles. The van der Waals surface area contributed by atoms with Gasteiger partial charge in [0.25, 0.3) is 0 Å². The van der Waals surface area contributed by atoms with Crippen molar-refractivity contribution in [3.63, 3.8) is 0 Å². The monoisotopic (exact) mass is 238 g/mol. The maximum Gasteiger partial charge on any atom is 0.197 e. The van der Waals surface area contributed by atoms with Crippen molar-refractivity contribution in [3.8, 4) is 0 Å². The molecule has 0 aliphatic carbocycles. The molecule has 1 saturated heterocycles. The van der Waals surface area contributed by atoms with Crippen LogP contribution in [0.3, 0.4) is 0 Å². The first-order chi connectivity index (χ1) is 8.29. The Hall–Kier alpha value is -1.64. The fourth-order valence-electron chi connectivity index (χ4n) is 2.09. The van der Waals surface area contributed by atoms with Crippen molar-refractivity contribution < 1.29 is 9.84 Å². The van der Waals surface area contributed by atoms with Gasteiger partial charge in [-0.15, -0.1) is 5.10 Å². The van der Waals surface area contributed by atoms with Crippen LogP contribution in [0.15, 0.2) is 22.0 Å². The van der Waals surface area contributed by atoms with E-state index in [-0.39, 0.29) is 18.9 Å². The van der Waals surface area contributed by atoms with E-state index in [1.165, 1.54) is 11.3 Å². The number of amidine groups is 1. The summed E-state index contributed by atoms with van der Waals surface area (Å²) in [5.74, 6) is 6.31. The Balaban J connectivity index is 1.75. The van der Waals surface area contributed by atoms with E-state index in [1.54, 1.807) is 11.2 Å². The molecule has 8 nitrogen and oxygen atoms in total. The number of nitrogens with zero attached hydrogens (tertiary/aromatic N) is 4. The highest BCUT2D eigenvalue weighted by atomic mass is 16.5. The van der Waals surface area contributed by atoms with E-state index in [0.29, 0.717) is 5.84 Å². The van der Waals surface area contributed by atoms with Gasteiger partial charge in [-0.25, -0.2) is 26.4 Å². The summed E-state index contributed by atoms with van der Waals surface area (Å²) >= 11 is 0. The number of hydrazine groups is 2. The van der Waals surface area contributed by atoms with Gasteiger partial charge in [-0.3, -0.25) is 0 Å². The molecular formula is C9H14N6O2. The molecule has 92 valence electrons. The van der Waals surface area contributed by atoms with Crippen molar-refractivity contribution in [2.75, 3.05) is 6.61 Å². The summed E-state index contributed by atoms with van der Waals surface area (Å²) in [5, 5.41) is 16.3. The van der Waals surface area contributed by atoms with Crippen molar-refractivity contribution >= 4 is 12.2 Å². The molecule has 3 heterocycles. The largest absolute Gasteiger partial charge is 0.394 e. The number of nitrogens with two attached hydrogens (primary N) is 1. The number of aliphatic hydroxyl groups is 1. The summed E-state index contributed by atoms with van der Waals surface area (Å²) < 4.78 is 5.67. The number of aliphatic hydroxyl groups excluding tert-OH is 1. The van der Waals surface area contributed by atoms with Crippen molar-refractivity contribution in [2.45, 2.75) is 25.2 Å². The van der Waals surface area contributed by atoms with Crippen LogP contribution in [0.1, 0.15) is 12.8 Å². The average Bonchev–Trinajstić information content (AvgIpc) is 2.94. The van der Waals surface area contributed by atoms with Gasteiger partial charge in [-0.05, 0) is 12.8 Å². The highest BCUT2D eigenvalue weighted by Gasteiger charge is 2.37. The van der Waals surface area contributed by atoms with E-state index in [1.807, 2.05) is 0 Å². The Morgan fingerprint density at radius 2 is 2.47 bits per heavy atom. The number of nitrogens with one attached hydrogen (secondary N) is 1. The first kappa shape index (κ1) is 10.5.